The van der Waals surface area contributed by atoms with Gasteiger partial charge < -0.3 is 15.2 Å². The topological polar surface area (TPSA) is 70.9 Å². The summed E-state index contributed by atoms with van der Waals surface area (Å²) in [5.74, 6) is 0.321. The van der Waals surface area contributed by atoms with Crippen LogP contribution in [-0.2, 0) is 4.79 Å². The van der Waals surface area contributed by atoms with Crippen molar-refractivity contribution in [1.82, 2.24) is 5.32 Å². The zero-order chi connectivity index (χ0) is 18.7. The fourth-order valence-corrected chi connectivity index (χ4v) is 4.03. The molecule has 1 fully saturated rings. The number of hydrogen-bond donors (Lipinski definition) is 2. The molecule has 0 radical (unpaired) electrons. The molecule has 0 spiro atoms. The Balaban J connectivity index is 1.86. The number of phenols is 1. The van der Waals surface area contributed by atoms with Crippen LogP contribution in [0.2, 0.25) is 0 Å². The summed E-state index contributed by atoms with van der Waals surface area (Å²) in [7, 11) is 0. The third-order valence-electron chi connectivity index (χ3n) is 3.36. The number of amides is 1. The molecule has 0 saturated carbocycles. The quantitative estimate of drug-likeness (QED) is 0.392. The SMILES string of the molecule is CCOc1cc(/C=C2/SC(=Nc3ccc(I)cc3)NC2=O)cc(I)c1O. The molecule has 0 aromatic heterocycles. The molecule has 3 rings (SSSR count). The molecule has 0 unspecified atom stereocenters. The van der Waals surface area contributed by atoms with Gasteiger partial charge in [0.05, 0.1) is 20.8 Å². The van der Waals surface area contributed by atoms with Gasteiger partial charge in [-0.25, -0.2) is 4.99 Å². The second kappa shape index (κ2) is 8.61. The van der Waals surface area contributed by atoms with Crippen molar-refractivity contribution in [2.45, 2.75) is 6.92 Å². The van der Waals surface area contributed by atoms with Gasteiger partial charge >= 0.3 is 0 Å². The van der Waals surface area contributed by atoms with Crippen LogP contribution in [0.4, 0.5) is 5.69 Å². The van der Waals surface area contributed by atoms with Crippen molar-refractivity contribution < 1.29 is 14.6 Å². The second-order valence-corrected chi connectivity index (χ2v) is 8.68. The molecule has 2 aromatic carbocycles. The van der Waals surface area contributed by atoms with Gasteiger partial charge in [-0.15, -0.1) is 0 Å². The van der Waals surface area contributed by atoms with Crippen LogP contribution < -0.4 is 10.1 Å². The predicted molar refractivity (Wildman–Crippen MR) is 122 cm³/mol. The summed E-state index contributed by atoms with van der Waals surface area (Å²) < 4.78 is 7.23. The van der Waals surface area contributed by atoms with Gasteiger partial charge in [0, 0.05) is 3.57 Å². The summed E-state index contributed by atoms with van der Waals surface area (Å²) in [5, 5.41) is 13.4. The van der Waals surface area contributed by atoms with Crippen molar-refractivity contribution in [3.63, 3.8) is 0 Å². The Labute approximate surface area is 182 Å². The number of amidine groups is 1. The lowest BCUT2D eigenvalue weighted by molar-refractivity contribution is -0.115. The van der Waals surface area contributed by atoms with Crippen molar-refractivity contribution in [2.24, 2.45) is 4.99 Å². The van der Waals surface area contributed by atoms with Crippen molar-refractivity contribution in [3.8, 4) is 11.5 Å². The largest absolute Gasteiger partial charge is 0.504 e. The van der Waals surface area contributed by atoms with E-state index in [-0.39, 0.29) is 11.7 Å². The molecule has 8 heteroatoms. The fraction of sp³-hybridized carbons (Fsp3) is 0.111. The van der Waals surface area contributed by atoms with Crippen LogP contribution in [0.25, 0.3) is 6.08 Å². The average Bonchev–Trinajstić information content (AvgIpc) is 2.94. The van der Waals surface area contributed by atoms with Crippen molar-refractivity contribution >= 4 is 79.8 Å². The number of rotatable bonds is 4. The highest BCUT2D eigenvalue weighted by Crippen LogP contribution is 2.35. The molecule has 0 aliphatic carbocycles. The molecule has 0 atom stereocenters. The first-order valence-electron chi connectivity index (χ1n) is 7.66. The molecule has 1 aliphatic heterocycles. The molecule has 2 N–H and O–H groups in total. The van der Waals surface area contributed by atoms with E-state index in [4.69, 9.17) is 4.74 Å². The number of thioether (sulfide) groups is 1. The first-order valence-corrected chi connectivity index (χ1v) is 10.6. The Morgan fingerprint density at radius 2 is 2.00 bits per heavy atom. The number of ether oxygens (including phenoxy) is 1. The summed E-state index contributed by atoms with van der Waals surface area (Å²) in [4.78, 5) is 17.2. The number of hydrogen-bond acceptors (Lipinski definition) is 5. The zero-order valence-corrected chi connectivity index (χ0v) is 18.8. The van der Waals surface area contributed by atoms with E-state index < -0.39 is 0 Å². The number of aromatic hydroxyl groups is 1. The number of phenolic OH excluding ortho intramolecular Hbond substituents is 1. The number of nitrogens with zero attached hydrogens (tertiary/aromatic N) is 1. The first-order chi connectivity index (χ1) is 12.5. The van der Waals surface area contributed by atoms with Crippen LogP contribution >= 0.6 is 56.9 Å². The van der Waals surface area contributed by atoms with Gasteiger partial charge in [0.1, 0.15) is 0 Å². The van der Waals surface area contributed by atoms with E-state index in [1.807, 2.05) is 53.8 Å². The smallest absolute Gasteiger partial charge is 0.264 e. The number of halogens is 2. The van der Waals surface area contributed by atoms with E-state index in [9.17, 15) is 9.90 Å². The Kier molecular flexibility index (Phi) is 6.46. The first kappa shape index (κ1) is 19.5. The second-order valence-electron chi connectivity index (χ2n) is 5.24. The van der Waals surface area contributed by atoms with Gasteiger partial charge in [0.2, 0.25) is 0 Å². The van der Waals surface area contributed by atoms with Crippen molar-refractivity contribution in [2.75, 3.05) is 6.61 Å². The summed E-state index contributed by atoms with van der Waals surface area (Å²) >= 11 is 5.55. The van der Waals surface area contributed by atoms with Gasteiger partial charge in [0.15, 0.2) is 16.7 Å². The average molecular weight is 592 g/mol. The predicted octanol–water partition coefficient (Wildman–Crippen LogP) is 4.89. The lowest BCUT2D eigenvalue weighted by Crippen LogP contribution is -2.19. The fourth-order valence-electron chi connectivity index (χ4n) is 2.21. The van der Waals surface area contributed by atoms with Crippen LogP contribution in [-0.4, -0.2) is 22.8 Å². The van der Waals surface area contributed by atoms with Gasteiger partial charge in [0.25, 0.3) is 5.91 Å². The maximum absolute atomic E-state index is 12.2. The molecule has 5 nitrogen and oxygen atoms in total. The van der Waals surface area contributed by atoms with E-state index in [0.717, 1.165) is 14.8 Å². The maximum Gasteiger partial charge on any atom is 0.264 e. The lowest BCUT2D eigenvalue weighted by atomic mass is 10.2. The monoisotopic (exact) mass is 592 g/mol. The summed E-state index contributed by atoms with van der Waals surface area (Å²) in [6.45, 7) is 2.30. The molecular weight excluding hydrogens is 578 g/mol. The molecule has 134 valence electrons. The van der Waals surface area contributed by atoms with E-state index in [1.165, 1.54) is 11.8 Å². The molecular formula is C18H14I2N2O3S. The minimum Gasteiger partial charge on any atom is -0.504 e. The Morgan fingerprint density at radius 3 is 2.69 bits per heavy atom. The Hall–Kier alpha value is -1.27. The number of nitrogens with one attached hydrogen (secondary N) is 1. The number of benzene rings is 2. The number of aliphatic imine (C=N–C) groups is 1. The molecule has 0 bridgehead atoms. The summed E-state index contributed by atoms with van der Waals surface area (Å²) in [5.41, 5.74) is 1.57. The third-order valence-corrected chi connectivity index (χ3v) is 5.81. The van der Waals surface area contributed by atoms with E-state index in [1.54, 1.807) is 18.2 Å². The minimum absolute atomic E-state index is 0.110. The van der Waals surface area contributed by atoms with Gasteiger partial charge in [-0.3, -0.25) is 4.79 Å². The zero-order valence-electron chi connectivity index (χ0n) is 13.6. The molecule has 1 heterocycles. The highest BCUT2D eigenvalue weighted by molar-refractivity contribution is 14.1. The Bertz CT molecular complexity index is 911. The highest BCUT2D eigenvalue weighted by atomic mass is 127. The van der Waals surface area contributed by atoms with E-state index in [0.29, 0.717) is 26.0 Å². The summed E-state index contributed by atoms with van der Waals surface area (Å²) in [6, 6.07) is 11.3. The number of carbonyl (C=O) groups is 1. The summed E-state index contributed by atoms with van der Waals surface area (Å²) in [6.07, 6.45) is 1.76. The molecule has 1 amide bonds. The molecule has 1 saturated heterocycles. The van der Waals surface area contributed by atoms with Crippen LogP contribution in [0.5, 0.6) is 11.5 Å². The van der Waals surface area contributed by atoms with Crippen LogP contribution in [0.15, 0.2) is 46.3 Å². The molecule has 26 heavy (non-hydrogen) atoms. The van der Waals surface area contributed by atoms with Crippen LogP contribution in [0.3, 0.4) is 0 Å². The third kappa shape index (κ3) is 4.71. The number of carbonyl (C=O) groups excluding carboxylic acids is 1. The standard InChI is InChI=1S/C18H14I2N2O3S/c1-2-25-14-8-10(7-13(20)16(14)23)9-15-17(24)22-18(26-15)21-12-5-3-11(19)4-6-12/h3-9,23H,2H2,1H3,(H,21,22,24)/b15-9+. The maximum atomic E-state index is 12.2. The Morgan fingerprint density at radius 1 is 1.27 bits per heavy atom. The lowest BCUT2D eigenvalue weighted by Gasteiger charge is -2.08. The van der Waals surface area contributed by atoms with Gasteiger partial charge in [-0.05, 0) is 112 Å². The van der Waals surface area contributed by atoms with Gasteiger partial charge in [-0.1, -0.05) is 0 Å². The van der Waals surface area contributed by atoms with Crippen LogP contribution in [0.1, 0.15) is 12.5 Å². The molecule has 2 aromatic rings. The van der Waals surface area contributed by atoms with Crippen molar-refractivity contribution in [1.29, 1.82) is 0 Å². The minimum atomic E-state index is -0.194. The normalized spacial score (nSPS) is 17.0. The van der Waals surface area contributed by atoms with Crippen molar-refractivity contribution in [3.05, 3.63) is 54.0 Å². The highest BCUT2D eigenvalue weighted by Gasteiger charge is 2.24. The van der Waals surface area contributed by atoms with Gasteiger partial charge in [-0.2, -0.15) is 0 Å². The van der Waals surface area contributed by atoms with Crippen LogP contribution in [0, 0.1) is 7.14 Å². The molecule has 1 aliphatic rings. The van der Waals surface area contributed by atoms with E-state index >= 15 is 0 Å². The van der Waals surface area contributed by atoms with E-state index in [2.05, 4.69) is 32.9 Å².